The van der Waals surface area contributed by atoms with E-state index >= 15 is 0 Å². The van der Waals surface area contributed by atoms with Crippen molar-refractivity contribution >= 4 is 0 Å². The summed E-state index contributed by atoms with van der Waals surface area (Å²) in [6.45, 7) is 7.35. The minimum absolute atomic E-state index is 0.0880. The van der Waals surface area contributed by atoms with E-state index in [9.17, 15) is 5.11 Å². The molecule has 0 saturated carbocycles. The molecule has 0 spiro atoms. The Kier molecular flexibility index (Phi) is 8.12. The van der Waals surface area contributed by atoms with E-state index in [2.05, 4.69) is 6.92 Å². The Morgan fingerprint density at radius 2 is 1.95 bits per heavy atom. The van der Waals surface area contributed by atoms with Crippen LogP contribution in [0.3, 0.4) is 0 Å². The Bertz CT molecular complexity index is 409. The molecule has 0 saturated heterocycles. The third-order valence-electron chi connectivity index (χ3n) is 2.78. The molecule has 0 bridgehead atoms. The Balaban J connectivity index is 2.58. The summed E-state index contributed by atoms with van der Waals surface area (Å²) in [5.41, 5.74) is 6.58. The van der Waals surface area contributed by atoms with E-state index in [1.54, 1.807) is 0 Å². The highest BCUT2D eigenvalue weighted by Crippen LogP contribution is 2.25. The topological polar surface area (TPSA) is 73.9 Å². The molecule has 0 fully saturated rings. The number of benzene rings is 1. The molecule has 0 heterocycles. The molecule has 1 aromatic rings. The van der Waals surface area contributed by atoms with E-state index in [0.717, 1.165) is 17.7 Å². The maximum atomic E-state index is 9.82. The largest absolute Gasteiger partial charge is 0.493 e. The highest BCUT2D eigenvalue weighted by atomic mass is 16.5. The number of rotatable bonds is 10. The second-order valence-electron chi connectivity index (χ2n) is 5.17. The Morgan fingerprint density at radius 3 is 2.57 bits per heavy atom. The Morgan fingerprint density at radius 1 is 1.19 bits per heavy atom. The molecular weight excluding hydrogens is 270 g/mol. The van der Waals surface area contributed by atoms with Gasteiger partial charge in [0.2, 0.25) is 0 Å². The van der Waals surface area contributed by atoms with Crippen molar-refractivity contribution in [2.45, 2.75) is 45.9 Å². The fourth-order valence-electron chi connectivity index (χ4n) is 1.69. The highest BCUT2D eigenvalue weighted by molar-refractivity contribution is 5.40. The highest BCUT2D eigenvalue weighted by Gasteiger charge is 2.10. The summed E-state index contributed by atoms with van der Waals surface area (Å²) < 4.78 is 16.6. The summed E-state index contributed by atoms with van der Waals surface area (Å²) in [6.07, 6.45) is 0.364. The molecule has 0 aliphatic heterocycles. The van der Waals surface area contributed by atoms with Gasteiger partial charge in [0.25, 0.3) is 0 Å². The van der Waals surface area contributed by atoms with Gasteiger partial charge in [0, 0.05) is 18.2 Å². The van der Waals surface area contributed by atoms with Crippen molar-refractivity contribution in [2.75, 3.05) is 19.8 Å². The molecule has 120 valence electrons. The molecule has 1 unspecified atom stereocenters. The molecule has 0 amide bonds. The lowest BCUT2D eigenvalue weighted by molar-refractivity contribution is -0.0124. The van der Waals surface area contributed by atoms with Gasteiger partial charge in [0.15, 0.2) is 0 Å². The molecule has 1 aromatic carbocycles. The van der Waals surface area contributed by atoms with Crippen molar-refractivity contribution in [2.24, 2.45) is 5.73 Å². The van der Waals surface area contributed by atoms with Crippen LogP contribution in [0.15, 0.2) is 18.2 Å². The number of hydrogen-bond acceptors (Lipinski definition) is 5. The fraction of sp³-hybridized carbons (Fsp3) is 0.625. The van der Waals surface area contributed by atoms with Crippen molar-refractivity contribution < 1.29 is 19.3 Å². The molecule has 1 rings (SSSR count). The number of hydrogen-bond donors (Lipinski definition) is 2. The van der Waals surface area contributed by atoms with Gasteiger partial charge in [-0.3, -0.25) is 0 Å². The quantitative estimate of drug-likeness (QED) is 0.692. The van der Waals surface area contributed by atoms with Gasteiger partial charge in [-0.25, -0.2) is 0 Å². The van der Waals surface area contributed by atoms with Gasteiger partial charge >= 0.3 is 0 Å². The first-order valence-electron chi connectivity index (χ1n) is 7.45. The average Bonchev–Trinajstić information content (AvgIpc) is 2.48. The standard InChI is InChI=1S/C16H27NO4/c1-4-7-19-15-6-5-13(9-17)16(8-15)21-11-14(18)10-20-12(2)3/h5-6,8,12,14,18H,4,7,9-11,17H2,1-3H3. The number of aliphatic hydroxyl groups is 1. The lowest BCUT2D eigenvalue weighted by Gasteiger charge is -2.17. The van der Waals surface area contributed by atoms with Crippen LogP contribution in [0.5, 0.6) is 11.5 Å². The first-order valence-corrected chi connectivity index (χ1v) is 7.45. The zero-order chi connectivity index (χ0) is 15.7. The summed E-state index contributed by atoms with van der Waals surface area (Å²) >= 11 is 0. The van der Waals surface area contributed by atoms with Gasteiger partial charge in [0.05, 0.1) is 19.3 Å². The van der Waals surface area contributed by atoms with Crippen LogP contribution in [0.2, 0.25) is 0 Å². The van der Waals surface area contributed by atoms with Gasteiger partial charge < -0.3 is 25.1 Å². The maximum Gasteiger partial charge on any atom is 0.127 e. The normalized spacial score (nSPS) is 12.5. The molecule has 0 aliphatic carbocycles. The second-order valence-corrected chi connectivity index (χ2v) is 5.17. The number of aliphatic hydroxyl groups excluding tert-OH is 1. The predicted octanol–water partition coefficient (Wildman–Crippen LogP) is 2.10. The van der Waals surface area contributed by atoms with E-state index in [0.29, 0.717) is 18.9 Å². The minimum atomic E-state index is -0.668. The van der Waals surface area contributed by atoms with Crippen LogP contribution in [-0.2, 0) is 11.3 Å². The van der Waals surface area contributed by atoms with Crippen LogP contribution < -0.4 is 15.2 Å². The Labute approximate surface area is 127 Å². The lowest BCUT2D eigenvalue weighted by Crippen LogP contribution is -2.25. The SMILES string of the molecule is CCCOc1ccc(CN)c(OCC(O)COC(C)C)c1. The first-order chi connectivity index (χ1) is 10.1. The van der Waals surface area contributed by atoms with E-state index in [1.165, 1.54) is 0 Å². The molecule has 21 heavy (non-hydrogen) atoms. The van der Waals surface area contributed by atoms with Crippen molar-refractivity contribution in [3.05, 3.63) is 23.8 Å². The van der Waals surface area contributed by atoms with Crippen LogP contribution in [0.4, 0.5) is 0 Å². The third-order valence-corrected chi connectivity index (χ3v) is 2.78. The van der Waals surface area contributed by atoms with Crippen LogP contribution in [0.25, 0.3) is 0 Å². The van der Waals surface area contributed by atoms with Gasteiger partial charge in [-0.15, -0.1) is 0 Å². The van der Waals surface area contributed by atoms with Gasteiger partial charge in [0.1, 0.15) is 24.2 Å². The van der Waals surface area contributed by atoms with Crippen molar-refractivity contribution in [1.82, 2.24) is 0 Å². The molecule has 5 heteroatoms. The molecular formula is C16H27NO4. The average molecular weight is 297 g/mol. The van der Waals surface area contributed by atoms with Crippen LogP contribution in [0.1, 0.15) is 32.8 Å². The minimum Gasteiger partial charge on any atom is -0.493 e. The van der Waals surface area contributed by atoms with E-state index in [1.807, 2.05) is 32.0 Å². The summed E-state index contributed by atoms with van der Waals surface area (Å²) in [5.74, 6) is 1.40. The van der Waals surface area contributed by atoms with Gasteiger partial charge in [-0.2, -0.15) is 0 Å². The molecule has 1 atom stereocenters. The molecule has 3 N–H and O–H groups in total. The fourth-order valence-corrected chi connectivity index (χ4v) is 1.69. The molecule has 0 aromatic heterocycles. The zero-order valence-corrected chi connectivity index (χ0v) is 13.2. The predicted molar refractivity (Wildman–Crippen MR) is 82.7 cm³/mol. The van der Waals surface area contributed by atoms with E-state index < -0.39 is 6.10 Å². The molecule has 0 aliphatic rings. The van der Waals surface area contributed by atoms with Crippen LogP contribution in [0, 0.1) is 0 Å². The van der Waals surface area contributed by atoms with Gasteiger partial charge in [-0.05, 0) is 26.3 Å². The lowest BCUT2D eigenvalue weighted by atomic mass is 10.2. The zero-order valence-electron chi connectivity index (χ0n) is 13.2. The number of ether oxygens (including phenoxy) is 3. The monoisotopic (exact) mass is 297 g/mol. The van der Waals surface area contributed by atoms with Crippen molar-refractivity contribution in [1.29, 1.82) is 0 Å². The maximum absolute atomic E-state index is 9.82. The summed E-state index contributed by atoms with van der Waals surface area (Å²) in [5, 5.41) is 9.82. The van der Waals surface area contributed by atoms with E-state index in [4.69, 9.17) is 19.9 Å². The van der Waals surface area contributed by atoms with Crippen molar-refractivity contribution in [3.63, 3.8) is 0 Å². The van der Waals surface area contributed by atoms with Crippen LogP contribution >= 0.6 is 0 Å². The Hall–Kier alpha value is -1.30. The molecule has 5 nitrogen and oxygen atoms in total. The molecule has 0 radical (unpaired) electrons. The third kappa shape index (κ3) is 6.80. The van der Waals surface area contributed by atoms with Crippen LogP contribution in [-0.4, -0.2) is 37.1 Å². The summed E-state index contributed by atoms with van der Waals surface area (Å²) in [4.78, 5) is 0. The summed E-state index contributed by atoms with van der Waals surface area (Å²) in [6, 6.07) is 5.58. The first kappa shape index (κ1) is 17.8. The smallest absolute Gasteiger partial charge is 0.127 e. The number of nitrogens with two attached hydrogens (primary N) is 1. The van der Waals surface area contributed by atoms with Crippen molar-refractivity contribution in [3.8, 4) is 11.5 Å². The second kappa shape index (κ2) is 9.60. The van der Waals surface area contributed by atoms with Gasteiger partial charge in [-0.1, -0.05) is 13.0 Å². The summed E-state index contributed by atoms with van der Waals surface area (Å²) in [7, 11) is 0. The van der Waals surface area contributed by atoms with E-state index in [-0.39, 0.29) is 19.3 Å².